The Kier molecular flexibility index (Phi) is 2.81. The molecule has 0 amide bonds. The number of nitrogens with two attached hydrogens (primary N) is 1. The van der Waals surface area contributed by atoms with Crippen LogP contribution in [0.1, 0.15) is 75.0 Å². The molecule has 2 aliphatic carbocycles. The van der Waals surface area contributed by atoms with E-state index in [4.69, 9.17) is 5.73 Å². The van der Waals surface area contributed by atoms with Crippen LogP contribution in [0, 0.1) is 12.3 Å². The zero-order chi connectivity index (χ0) is 12.9. The smallest absolute Gasteiger partial charge is 0.0336 e. The summed E-state index contributed by atoms with van der Waals surface area (Å²) in [6, 6.07) is 3.34. The van der Waals surface area contributed by atoms with E-state index in [2.05, 4.69) is 31.4 Å². The fraction of sp³-hybridized carbons (Fsp3) is 0.750. The standard InChI is InChI=1S/C16H26N2/c1-11-8-13-14(17)9-16(2,3)10-15(13)18(11)12-6-4-5-7-12/h8,12,14H,4-7,9-10,17H2,1-3H3. The fourth-order valence-corrected chi connectivity index (χ4v) is 4.14. The normalized spacial score (nSPS) is 27.4. The molecule has 0 radical (unpaired) electrons. The highest BCUT2D eigenvalue weighted by molar-refractivity contribution is 5.34. The number of hydrogen-bond donors (Lipinski definition) is 1. The van der Waals surface area contributed by atoms with Gasteiger partial charge in [0, 0.05) is 23.5 Å². The summed E-state index contributed by atoms with van der Waals surface area (Å²) in [4.78, 5) is 0. The minimum absolute atomic E-state index is 0.241. The number of nitrogens with zero attached hydrogens (tertiary/aromatic N) is 1. The number of rotatable bonds is 1. The van der Waals surface area contributed by atoms with Crippen molar-refractivity contribution in [2.75, 3.05) is 0 Å². The fourth-order valence-electron chi connectivity index (χ4n) is 4.14. The maximum atomic E-state index is 6.39. The monoisotopic (exact) mass is 246 g/mol. The highest BCUT2D eigenvalue weighted by Gasteiger charge is 2.34. The molecule has 0 bridgehead atoms. The van der Waals surface area contributed by atoms with Crippen LogP contribution in [0.5, 0.6) is 0 Å². The topological polar surface area (TPSA) is 30.9 Å². The first-order chi connectivity index (χ1) is 8.48. The second kappa shape index (κ2) is 4.12. The molecule has 2 aliphatic rings. The van der Waals surface area contributed by atoms with E-state index in [1.54, 1.807) is 5.69 Å². The number of aryl methyl sites for hydroxylation is 1. The van der Waals surface area contributed by atoms with E-state index < -0.39 is 0 Å². The Labute approximate surface area is 111 Å². The van der Waals surface area contributed by atoms with Crippen LogP contribution in [0.4, 0.5) is 0 Å². The highest BCUT2D eigenvalue weighted by Crippen LogP contribution is 2.43. The van der Waals surface area contributed by atoms with Crippen LogP contribution in [0.15, 0.2) is 6.07 Å². The minimum atomic E-state index is 0.241. The molecule has 0 saturated heterocycles. The third-order valence-corrected chi connectivity index (χ3v) is 4.88. The van der Waals surface area contributed by atoms with Gasteiger partial charge in [0.15, 0.2) is 0 Å². The summed E-state index contributed by atoms with van der Waals surface area (Å²) in [5.74, 6) is 0. The molecule has 2 nitrogen and oxygen atoms in total. The quantitative estimate of drug-likeness (QED) is 0.801. The van der Waals surface area contributed by atoms with Gasteiger partial charge in [-0.2, -0.15) is 0 Å². The van der Waals surface area contributed by atoms with Gasteiger partial charge in [-0.3, -0.25) is 0 Å². The van der Waals surface area contributed by atoms with Crippen molar-refractivity contribution in [2.24, 2.45) is 11.1 Å². The molecular formula is C16H26N2. The Hall–Kier alpha value is -0.760. The van der Waals surface area contributed by atoms with Crippen LogP contribution in [0.25, 0.3) is 0 Å². The zero-order valence-electron chi connectivity index (χ0n) is 12.0. The van der Waals surface area contributed by atoms with Crippen molar-refractivity contribution in [3.63, 3.8) is 0 Å². The first-order valence-electron chi connectivity index (χ1n) is 7.44. The summed E-state index contributed by atoms with van der Waals surface area (Å²) in [5, 5.41) is 0. The van der Waals surface area contributed by atoms with Crippen molar-refractivity contribution in [1.29, 1.82) is 0 Å². The highest BCUT2D eigenvalue weighted by atomic mass is 15.0. The lowest BCUT2D eigenvalue weighted by Crippen LogP contribution is -2.31. The van der Waals surface area contributed by atoms with E-state index in [9.17, 15) is 0 Å². The van der Waals surface area contributed by atoms with Crippen molar-refractivity contribution in [3.05, 3.63) is 23.0 Å². The SMILES string of the molecule is Cc1cc2c(n1C1CCCC1)CC(C)(C)CC2N. The average molecular weight is 246 g/mol. The van der Waals surface area contributed by atoms with E-state index in [-0.39, 0.29) is 6.04 Å². The summed E-state index contributed by atoms with van der Waals surface area (Å²) in [7, 11) is 0. The number of aromatic nitrogens is 1. The molecule has 100 valence electrons. The summed E-state index contributed by atoms with van der Waals surface area (Å²) < 4.78 is 2.63. The summed E-state index contributed by atoms with van der Waals surface area (Å²) in [6.07, 6.45) is 7.82. The number of hydrogen-bond acceptors (Lipinski definition) is 1. The lowest BCUT2D eigenvalue weighted by molar-refractivity contribution is 0.271. The molecule has 1 heterocycles. The zero-order valence-corrected chi connectivity index (χ0v) is 12.0. The van der Waals surface area contributed by atoms with Gasteiger partial charge in [-0.15, -0.1) is 0 Å². The molecule has 1 aromatic heterocycles. The molecule has 18 heavy (non-hydrogen) atoms. The second-order valence-corrected chi connectivity index (χ2v) is 7.15. The van der Waals surface area contributed by atoms with E-state index in [0.29, 0.717) is 5.41 Å². The summed E-state index contributed by atoms with van der Waals surface area (Å²) >= 11 is 0. The Balaban J connectivity index is 2.05. The van der Waals surface area contributed by atoms with Gasteiger partial charge >= 0.3 is 0 Å². The molecule has 0 aliphatic heterocycles. The molecule has 1 fully saturated rings. The van der Waals surface area contributed by atoms with Gasteiger partial charge < -0.3 is 10.3 Å². The van der Waals surface area contributed by atoms with Crippen LogP contribution in [-0.2, 0) is 6.42 Å². The lowest BCUT2D eigenvalue weighted by Gasteiger charge is -2.35. The molecular weight excluding hydrogens is 220 g/mol. The molecule has 1 saturated carbocycles. The largest absolute Gasteiger partial charge is 0.346 e. The Morgan fingerprint density at radius 2 is 1.94 bits per heavy atom. The van der Waals surface area contributed by atoms with Gasteiger partial charge in [0.05, 0.1) is 0 Å². The minimum Gasteiger partial charge on any atom is -0.346 e. The van der Waals surface area contributed by atoms with E-state index >= 15 is 0 Å². The molecule has 1 unspecified atom stereocenters. The predicted octanol–water partition coefficient (Wildman–Crippen LogP) is 3.88. The maximum absolute atomic E-state index is 6.39. The van der Waals surface area contributed by atoms with E-state index in [1.165, 1.54) is 43.4 Å². The lowest BCUT2D eigenvalue weighted by atomic mass is 9.74. The van der Waals surface area contributed by atoms with Gasteiger partial charge in [-0.1, -0.05) is 26.7 Å². The molecule has 1 aromatic rings. The van der Waals surface area contributed by atoms with Crippen molar-refractivity contribution in [1.82, 2.24) is 4.57 Å². The van der Waals surface area contributed by atoms with E-state index in [0.717, 1.165) is 12.5 Å². The molecule has 2 heteroatoms. The van der Waals surface area contributed by atoms with Gasteiger partial charge in [-0.25, -0.2) is 0 Å². The van der Waals surface area contributed by atoms with Crippen molar-refractivity contribution in [3.8, 4) is 0 Å². The van der Waals surface area contributed by atoms with Crippen LogP contribution in [0.2, 0.25) is 0 Å². The van der Waals surface area contributed by atoms with Gasteiger partial charge in [-0.05, 0) is 49.7 Å². The maximum Gasteiger partial charge on any atom is 0.0336 e. The van der Waals surface area contributed by atoms with Crippen molar-refractivity contribution >= 4 is 0 Å². The molecule has 0 aromatic carbocycles. The van der Waals surface area contributed by atoms with Crippen LogP contribution in [0.3, 0.4) is 0 Å². The average Bonchev–Trinajstić information content (AvgIpc) is 2.83. The third kappa shape index (κ3) is 1.91. The van der Waals surface area contributed by atoms with Crippen LogP contribution >= 0.6 is 0 Å². The van der Waals surface area contributed by atoms with Crippen LogP contribution in [-0.4, -0.2) is 4.57 Å². The van der Waals surface area contributed by atoms with Gasteiger partial charge in [0.2, 0.25) is 0 Å². The molecule has 3 rings (SSSR count). The Morgan fingerprint density at radius 1 is 1.28 bits per heavy atom. The summed E-state index contributed by atoms with van der Waals surface area (Å²) in [5.41, 5.74) is 11.1. The predicted molar refractivity (Wildman–Crippen MR) is 75.7 cm³/mol. The molecule has 0 spiro atoms. The van der Waals surface area contributed by atoms with Crippen LogP contribution < -0.4 is 5.73 Å². The second-order valence-electron chi connectivity index (χ2n) is 7.15. The molecule has 2 N–H and O–H groups in total. The van der Waals surface area contributed by atoms with E-state index in [1.807, 2.05) is 0 Å². The Bertz CT molecular complexity index is 450. The van der Waals surface area contributed by atoms with Gasteiger partial charge in [0.25, 0.3) is 0 Å². The number of fused-ring (bicyclic) bond motifs is 1. The first-order valence-corrected chi connectivity index (χ1v) is 7.44. The van der Waals surface area contributed by atoms with Gasteiger partial charge in [0.1, 0.15) is 0 Å². The first kappa shape index (κ1) is 12.3. The van der Waals surface area contributed by atoms with Crippen molar-refractivity contribution in [2.45, 2.75) is 71.4 Å². The Morgan fingerprint density at radius 3 is 2.61 bits per heavy atom. The third-order valence-electron chi connectivity index (χ3n) is 4.88. The van der Waals surface area contributed by atoms with Crippen molar-refractivity contribution < 1.29 is 0 Å². The summed E-state index contributed by atoms with van der Waals surface area (Å²) in [6.45, 7) is 6.98. The molecule has 1 atom stereocenters.